The lowest BCUT2D eigenvalue weighted by Crippen LogP contribution is -2.54. The van der Waals surface area contributed by atoms with Gasteiger partial charge < -0.3 is 25.2 Å². The van der Waals surface area contributed by atoms with Crippen LogP contribution in [-0.4, -0.2) is 153 Å². The first-order chi connectivity index (χ1) is 45.8. The highest BCUT2D eigenvalue weighted by atomic mass is 16.6. The molecule has 4 fully saturated rings. The highest BCUT2D eigenvalue weighted by molar-refractivity contribution is 6.06. The monoisotopic (exact) mass is 1440 g/mol. The Kier molecular flexibility index (Phi) is 29.9. The first-order valence-corrected chi connectivity index (χ1v) is 37.0. The molecule has 0 radical (unpaired) electrons. The van der Waals surface area contributed by atoms with Crippen molar-refractivity contribution in [3.05, 3.63) is 59.8 Å². The van der Waals surface area contributed by atoms with Gasteiger partial charge in [0.2, 0.25) is 47.3 Å². The maximum Gasteiger partial charge on any atom is 0.325 e. The number of carbonyl (C=O) groups is 11. The molecule has 1 aromatic rings. The third-order valence-corrected chi connectivity index (χ3v) is 18.3. The third-order valence-electron chi connectivity index (χ3n) is 18.3. The van der Waals surface area contributed by atoms with Crippen LogP contribution in [-0.2, 0) is 59.1 Å². The van der Waals surface area contributed by atoms with Crippen molar-refractivity contribution in [2.75, 3.05) is 13.1 Å². The maximum atomic E-state index is 12.6. The number of nitrogens with zero attached hydrogens (tertiary/aromatic N) is 6. The minimum absolute atomic E-state index is 0.0139. The van der Waals surface area contributed by atoms with Crippen LogP contribution in [0.5, 0.6) is 0 Å². The predicted molar refractivity (Wildman–Crippen MR) is 411 cm³/mol. The number of likely N-dealkylation sites (tertiary alicyclic amines) is 3. The van der Waals surface area contributed by atoms with Gasteiger partial charge in [-0.1, -0.05) is 161 Å². The predicted octanol–water partition coefficient (Wildman–Crippen LogP) is 15.4. The van der Waals surface area contributed by atoms with Gasteiger partial charge in [0, 0.05) is 72.7 Å². The quantitative estimate of drug-likeness (QED) is 0.153. The molecule has 0 bridgehead atoms. The van der Waals surface area contributed by atoms with E-state index in [1.165, 1.54) is 30.7 Å². The number of ether oxygens (including phenoxy) is 1. The molecule has 6 heterocycles. The molecule has 4 saturated heterocycles. The Balaban J connectivity index is 0.000000422. The van der Waals surface area contributed by atoms with Crippen molar-refractivity contribution in [2.24, 2.45) is 50.2 Å². The lowest BCUT2D eigenvalue weighted by Gasteiger charge is -2.50. The molecule has 103 heavy (non-hydrogen) atoms. The molecule has 2 N–H and O–H groups in total. The molecule has 7 rings (SSSR count). The molecular weight excluding hydrogens is 1300 g/mol. The third kappa shape index (κ3) is 27.0. The fourth-order valence-corrected chi connectivity index (χ4v) is 13.1. The molecule has 6 aliphatic rings. The standard InChI is InChI=1S/C17H25NO.C15H26N2O3.C15H25NO4.C13H23N.C12H21NO2.C11H20N2O2/c1-16(2,3)15-13-10-8-7-9-12(13)11-14(19)18(15)17(4,5)6;1-14(2,3)10-9-12(19)17(13(10)20)8-7-11(18)16-15(4,5)6;1-14(2,3)10-9-11(17)16(13(10)19)8-7-12(18)20-15(4,5)6;1-12(2,3)11-9-7-8-10-14(11)13(4,5)6;1-11(2,3)8-7-9(14)13(10(8)15)12(4,5)6;1-10(2,3)7-8(14)13(9(15)12-7)11(4,5)6/h7-10,15H,11H2,1-6H3;10H,7-9H2,1-6H3,(H,16,18);10H,7-9H2,1-6H3;7-11H,1-6H3;8H,7H2,1-6H3;7H,1-6H3,(H,12,15). The van der Waals surface area contributed by atoms with Gasteiger partial charge in [-0.25, -0.2) is 4.79 Å². The molecule has 0 aromatic heterocycles. The zero-order chi connectivity index (χ0) is 80.9. The van der Waals surface area contributed by atoms with E-state index in [4.69, 9.17) is 4.74 Å². The normalized spacial score (nSPS) is 21.7. The van der Waals surface area contributed by atoms with Gasteiger partial charge in [0.15, 0.2) is 0 Å². The van der Waals surface area contributed by atoms with Crippen LogP contribution in [0.15, 0.2) is 48.7 Å². The molecule has 6 unspecified atom stereocenters. The van der Waals surface area contributed by atoms with Gasteiger partial charge in [0.1, 0.15) is 11.6 Å². The molecule has 11 amide bonds. The van der Waals surface area contributed by atoms with Gasteiger partial charge in [-0.2, -0.15) is 0 Å². The van der Waals surface area contributed by atoms with Gasteiger partial charge in [-0.05, 0) is 174 Å². The van der Waals surface area contributed by atoms with Crippen LogP contribution in [0.1, 0.15) is 299 Å². The summed E-state index contributed by atoms with van der Waals surface area (Å²) in [5.41, 5.74) is 0.304. The Hall–Kier alpha value is -6.73. The first-order valence-electron chi connectivity index (χ1n) is 37.0. The largest absolute Gasteiger partial charge is 0.460 e. The Morgan fingerprint density at radius 2 is 0.883 bits per heavy atom. The Labute approximate surface area is 622 Å². The van der Waals surface area contributed by atoms with Crippen LogP contribution in [0.2, 0.25) is 0 Å². The van der Waals surface area contributed by atoms with Crippen LogP contribution < -0.4 is 10.6 Å². The SMILES string of the molecule is CC(C)(C)C1C=CC=CN1C(C)(C)C.CC(C)(C)C1CC(=O)N(C(C)(C)C)C1=O.CC(C)(C)C1NC(=O)N(C(C)(C)C)C1=O.CC(C)(C)C1c2ccccc2CC(=O)N1C(C)(C)C.CC(C)(C)NC(=O)CCN1C(=O)CC(C(C)(C)C)C1=O.CC(C)(C)OC(=O)CCN1C(=O)CC(C(C)(C)C)C1=O. The van der Waals surface area contributed by atoms with Gasteiger partial charge in [0.05, 0.1) is 42.7 Å². The zero-order valence-corrected chi connectivity index (χ0v) is 70.8. The Morgan fingerprint density at radius 1 is 0.456 bits per heavy atom. The first kappa shape index (κ1) is 92.4. The highest BCUT2D eigenvalue weighted by Gasteiger charge is 2.51. The number of urea groups is 1. The second-order valence-corrected chi connectivity index (χ2v) is 41.0. The van der Waals surface area contributed by atoms with Crippen LogP contribution in [0, 0.1) is 50.2 Å². The summed E-state index contributed by atoms with van der Waals surface area (Å²) in [5.74, 6) is -1.89. The van der Waals surface area contributed by atoms with Crippen molar-refractivity contribution < 1.29 is 57.5 Å². The zero-order valence-electron chi connectivity index (χ0n) is 70.8. The molecule has 0 aliphatic carbocycles. The summed E-state index contributed by atoms with van der Waals surface area (Å²) in [6.07, 6.45) is 10.4. The number of allylic oxidation sites excluding steroid dienone is 2. The number of benzene rings is 1. The van der Waals surface area contributed by atoms with E-state index in [0.717, 1.165) is 0 Å². The number of hydrogen-bond acceptors (Lipinski definition) is 13. The average Bonchev–Trinajstić information content (AvgIpc) is 1.72. The summed E-state index contributed by atoms with van der Waals surface area (Å²) in [6, 6.07) is 8.31. The van der Waals surface area contributed by atoms with Crippen LogP contribution in [0.4, 0.5) is 4.79 Å². The van der Waals surface area contributed by atoms with E-state index >= 15 is 0 Å². The number of fused-ring (bicyclic) bond motifs is 1. The van der Waals surface area contributed by atoms with Crippen LogP contribution in [0.3, 0.4) is 0 Å². The Bertz CT molecular complexity index is 3100. The second kappa shape index (κ2) is 33.4. The topological polar surface area (TPSA) is 240 Å². The number of amides is 11. The van der Waals surface area contributed by atoms with Crippen molar-refractivity contribution in [1.29, 1.82) is 0 Å². The van der Waals surface area contributed by atoms with Crippen molar-refractivity contribution in [3.63, 3.8) is 0 Å². The molecule has 20 nitrogen and oxygen atoms in total. The van der Waals surface area contributed by atoms with Crippen molar-refractivity contribution in [1.82, 2.24) is 40.0 Å². The van der Waals surface area contributed by atoms with Gasteiger partial charge in [-0.3, -0.25) is 67.5 Å². The summed E-state index contributed by atoms with van der Waals surface area (Å²) >= 11 is 0. The molecule has 0 saturated carbocycles. The fourth-order valence-electron chi connectivity index (χ4n) is 13.1. The number of esters is 1. The number of imide groups is 4. The van der Waals surface area contributed by atoms with Crippen molar-refractivity contribution in [3.8, 4) is 0 Å². The van der Waals surface area contributed by atoms with Gasteiger partial charge >= 0.3 is 12.0 Å². The number of carbonyl (C=O) groups excluding carboxylic acids is 11. The summed E-state index contributed by atoms with van der Waals surface area (Å²) in [7, 11) is 0. The Morgan fingerprint density at radius 3 is 1.20 bits per heavy atom. The summed E-state index contributed by atoms with van der Waals surface area (Å²) in [5, 5.41) is 5.56. The second-order valence-electron chi connectivity index (χ2n) is 41.0. The average molecular weight is 1440 g/mol. The van der Waals surface area contributed by atoms with E-state index in [1.807, 2.05) is 151 Å². The maximum absolute atomic E-state index is 12.6. The molecule has 0 spiro atoms. The lowest BCUT2D eigenvalue weighted by molar-refractivity contribution is -0.156. The fraction of sp³-hybridized carbons (Fsp3) is 0.747. The molecule has 6 aliphatic heterocycles. The molecular formula is C83H140N8O12. The number of rotatable bonds is 6. The molecule has 6 atom stereocenters. The summed E-state index contributed by atoms with van der Waals surface area (Å²) in [4.78, 5) is 142. The van der Waals surface area contributed by atoms with Crippen molar-refractivity contribution >= 4 is 65.2 Å². The molecule has 1 aromatic carbocycles. The summed E-state index contributed by atoms with van der Waals surface area (Å²) in [6.45, 7) is 72.8. The van der Waals surface area contributed by atoms with E-state index in [2.05, 4.69) is 146 Å². The minimum Gasteiger partial charge on any atom is -0.460 e. The lowest BCUT2D eigenvalue weighted by atomic mass is 9.75. The van der Waals surface area contributed by atoms with E-state index in [0.29, 0.717) is 18.9 Å². The van der Waals surface area contributed by atoms with Crippen LogP contribution in [0.25, 0.3) is 0 Å². The van der Waals surface area contributed by atoms with Gasteiger partial charge in [0.25, 0.3) is 5.91 Å². The number of hydrogen-bond donors (Lipinski definition) is 2. The van der Waals surface area contributed by atoms with Crippen molar-refractivity contribution in [2.45, 2.75) is 339 Å². The summed E-state index contributed by atoms with van der Waals surface area (Å²) < 4.78 is 5.17. The van der Waals surface area contributed by atoms with Gasteiger partial charge in [-0.15, -0.1) is 0 Å². The number of nitrogens with one attached hydrogen (secondary N) is 2. The van der Waals surface area contributed by atoms with Crippen LogP contribution >= 0.6 is 0 Å². The molecule has 20 heteroatoms. The van der Waals surface area contributed by atoms with E-state index in [-0.39, 0.29) is 171 Å². The van der Waals surface area contributed by atoms with E-state index < -0.39 is 28.7 Å². The molecule has 584 valence electrons. The highest BCUT2D eigenvalue weighted by Crippen LogP contribution is 2.46. The van der Waals surface area contributed by atoms with E-state index in [9.17, 15) is 52.7 Å². The smallest absolute Gasteiger partial charge is 0.325 e. The van der Waals surface area contributed by atoms with E-state index in [1.54, 1.807) is 20.8 Å². The minimum atomic E-state index is -0.552.